The first-order chi connectivity index (χ1) is 17.2. The van der Waals surface area contributed by atoms with Crippen LogP contribution in [0.2, 0.25) is 0 Å². The van der Waals surface area contributed by atoms with E-state index < -0.39 is 5.97 Å². The summed E-state index contributed by atoms with van der Waals surface area (Å²) in [6.45, 7) is 11.2. The Labute approximate surface area is 216 Å². The summed E-state index contributed by atoms with van der Waals surface area (Å²) in [6.07, 6.45) is 5.94. The number of fused-ring (bicyclic) bond motifs is 1. The van der Waals surface area contributed by atoms with E-state index in [4.69, 9.17) is 9.73 Å². The number of ether oxygens (including phenoxy) is 1. The van der Waals surface area contributed by atoms with Crippen LogP contribution >= 0.6 is 0 Å². The molecular formula is C31H42N2O3. The highest BCUT2D eigenvalue weighted by Crippen LogP contribution is 2.49. The lowest BCUT2D eigenvalue weighted by Gasteiger charge is -2.42. The van der Waals surface area contributed by atoms with Gasteiger partial charge in [-0.25, -0.2) is 4.99 Å². The first-order valence-electron chi connectivity index (χ1n) is 13.7. The Morgan fingerprint density at radius 3 is 2.50 bits per heavy atom. The summed E-state index contributed by atoms with van der Waals surface area (Å²) in [5, 5.41) is 12.9. The van der Waals surface area contributed by atoms with Gasteiger partial charge in [-0.2, -0.15) is 0 Å². The van der Waals surface area contributed by atoms with Crippen molar-refractivity contribution in [2.45, 2.75) is 85.2 Å². The Morgan fingerprint density at radius 1 is 1.08 bits per heavy atom. The Morgan fingerprint density at radius 2 is 1.83 bits per heavy atom. The molecule has 36 heavy (non-hydrogen) atoms. The van der Waals surface area contributed by atoms with Crippen LogP contribution < -0.4 is 10.1 Å². The number of anilines is 1. The largest absolute Gasteiger partial charge is 0.491 e. The minimum Gasteiger partial charge on any atom is -0.491 e. The maximum atomic E-state index is 11.4. The smallest absolute Gasteiger partial charge is 0.307 e. The molecule has 0 aromatic heterocycles. The van der Waals surface area contributed by atoms with Crippen molar-refractivity contribution in [1.29, 1.82) is 0 Å². The number of carboxylic acids is 1. The SMILES string of the molecule is CC(C)Oc1ccc(NC2=Nc3cc(CC(=O)O)ccc3C([C@@H]3C[C@H](C)CC[C@H]3C(C)C)CC2)cc1. The van der Waals surface area contributed by atoms with Crippen molar-refractivity contribution < 1.29 is 14.6 Å². The second-order valence-electron chi connectivity index (χ2n) is 11.5. The maximum absolute atomic E-state index is 11.4. The second kappa shape index (κ2) is 11.5. The van der Waals surface area contributed by atoms with E-state index in [0.717, 1.165) is 47.3 Å². The van der Waals surface area contributed by atoms with Crippen LogP contribution in [0.3, 0.4) is 0 Å². The number of hydrogen-bond donors (Lipinski definition) is 2. The fourth-order valence-electron chi connectivity index (χ4n) is 6.26. The number of aliphatic imine (C=N–C) groups is 1. The molecule has 1 unspecified atom stereocenters. The van der Waals surface area contributed by atoms with E-state index in [1.165, 1.54) is 24.8 Å². The van der Waals surface area contributed by atoms with Crippen LogP contribution in [-0.2, 0) is 11.2 Å². The first-order valence-corrected chi connectivity index (χ1v) is 13.7. The van der Waals surface area contributed by atoms with Crippen LogP contribution in [0.1, 0.15) is 83.8 Å². The number of nitrogens with zero attached hydrogens (tertiary/aromatic N) is 1. The Kier molecular flexibility index (Phi) is 8.38. The van der Waals surface area contributed by atoms with E-state index in [2.05, 4.69) is 32.2 Å². The molecule has 0 amide bonds. The summed E-state index contributed by atoms with van der Waals surface area (Å²) in [4.78, 5) is 16.5. The van der Waals surface area contributed by atoms with Crippen molar-refractivity contribution >= 4 is 23.2 Å². The van der Waals surface area contributed by atoms with Gasteiger partial charge < -0.3 is 15.2 Å². The molecule has 1 fully saturated rings. The molecule has 0 saturated heterocycles. The molecule has 2 aromatic carbocycles. The van der Waals surface area contributed by atoms with Gasteiger partial charge in [0.05, 0.1) is 18.2 Å². The zero-order valence-electron chi connectivity index (χ0n) is 22.5. The van der Waals surface area contributed by atoms with Crippen LogP contribution in [0.15, 0.2) is 47.5 Å². The summed E-state index contributed by atoms with van der Waals surface area (Å²) in [7, 11) is 0. The monoisotopic (exact) mass is 490 g/mol. The lowest BCUT2D eigenvalue weighted by Crippen LogP contribution is -2.32. The van der Waals surface area contributed by atoms with Crippen molar-refractivity contribution in [3.8, 4) is 5.75 Å². The Hall–Kier alpha value is -2.82. The van der Waals surface area contributed by atoms with Crippen LogP contribution in [0, 0.1) is 23.7 Å². The van der Waals surface area contributed by atoms with Crippen LogP contribution in [0.4, 0.5) is 11.4 Å². The van der Waals surface area contributed by atoms with Gasteiger partial charge in [0.25, 0.3) is 0 Å². The molecule has 1 aliphatic carbocycles. The summed E-state index contributed by atoms with van der Waals surface area (Å²) >= 11 is 0. The normalized spacial score (nSPS) is 24.1. The summed E-state index contributed by atoms with van der Waals surface area (Å²) in [5.74, 6) is 4.15. The van der Waals surface area contributed by atoms with Gasteiger partial charge in [-0.1, -0.05) is 39.3 Å². The molecule has 1 heterocycles. The highest BCUT2D eigenvalue weighted by atomic mass is 16.5. The maximum Gasteiger partial charge on any atom is 0.307 e. The molecule has 4 rings (SSSR count). The van der Waals surface area contributed by atoms with Gasteiger partial charge >= 0.3 is 5.97 Å². The van der Waals surface area contributed by atoms with Gasteiger partial charge in [-0.3, -0.25) is 4.79 Å². The average molecular weight is 491 g/mol. The molecule has 2 aliphatic rings. The molecule has 1 saturated carbocycles. The third-order valence-electron chi connectivity index (χ3n) is 7.90. The van der Waals surface area contributed by atoms with Crippen molar-refractivity contribution in [3.05, 3.63) is 53.6 Å². The summed E-state index contributed by atoms with van der Waals surface area (Å²) in [6, 6.07) is 14.2. The standard InChI is InChI=1S/C31H42N2O3/c1-19(2)25-12-6-21(5)16-28(25)26-14-15-30(32-23-8-10-24(11-9-23)36-20(3)4)33-29-17-22(18-31(34)35)7-13-27(26)29/h7-11,13,17,19-21,25-26,28H,6,12,14-16,18H2,1-5H3,(H,32,33)(H,34,35)/t21-,25+,26?,28-/m1/s1. The fraction of sp³-hybridized carbons (Fsp3) is 0.548. The molecule has 4 atom stereocenters. The van der Waals surface area contributed by atoms with Crippen molar-refractivity contribution in [1.82, 2.24) is 0 Å². The third kappa shape index (κ3) is 6.48. The Bertz CT molecular complexity index is 1070. The van der Waals surface area contributed by atoms with Crippen LogP contribution in [0.25, 0.3) is 0 Å². The van der Waals surface area contributed by atoms with Gasteiger partial charge in [-0.15, -0.1) is 0 Å². The zero-order valence-corrected chi connectivity index (χ0v) is 22.5. The summed E-state index contributed by atoms with van der Waals surface area (Å²) in [5.41, 5.74) is 4.00. The number of carboxylic acid groups (broad SMARTS) is 1. The van der Waals surface area contributed by atoms with Gasteiger partial charge in [0.2, 0.25) is 0 Å². The van der Waals surface area contributed by atoms with E-state index in [-0.39, 0.29) is 12.5 Å². The molecule has 0 radical (unpaired) electrons. The number of rotatable bonds is 7. The van der Waals surface area contributed by atoms with Crippen LogP contribution in [-0.4, -0.2) is 23.0 Å². The molecule has 0 spiro atoms. The van der Waals surface area contributed by atoms with Gasteiger partial charge in [0.1, 0.15) is 11.6 Å². The molecular weight excluding hydrogens is 448 g/mol. The highest BCUT2D eigenvalue weighted by Gasteiger charge is 2.38. The van der Waals surface area contributed by atoms with Crippen molar-refractivity contribution in [2.75, 3.05) is 5.32 Å². The predicted molar refractivity (Wildman–Crippen MR) is 148 cm³/mol. The third-order valence-corrected chi connectivity index (χ3v) is 7.90. The van der Waals surface area contributed by atoms with Gasteiger partial charge in [0, 0.05) is 12.1 Å². The minimum absolute atomic E-state index is 0.0165. The van der Waals surface area contributed by atoms with Gasteiger partial charge in [0.15, 0.2) is 0 Å². The quantitative estimate of drug-likeness (QED) is 0.415. The number of benzene rings is 2. The second-order valence-corrected chi connectivity index (χ2v) is 11.5. The van der Waals surface area contributed by atoms with Crippen molar-refractivity contribution in [3.63, 3.8) is 0 Å². The summed E-state index contributed by atoms with van der Waals surface area (Å²) < 4.78 is 5.78. The lowest BCUT2D eigenvalue weighted by molar-refractivity contribution is -0.136. The Balaban J connectivity index is 1.65. The van der Waals surface area contributed by atoms with E-state index in [9.17, 15) is 9.90 Å². The van der Waals surface area contributed by atoms with E-state index in [0.29, 0.717) is 23.7 Å². The number of nitrogens with one attached hydrogen (secondary N) is 1. The predicted octanol–water partition coefficient (Wildman–Crippen LogP) is 7.83. The molecule has 1 aliphatic heterocycles. The van der Waals surface area contributed by atoms with Crippen LogP contribution in [0.5, 0.6) is 5.75 Å². The van der Waals surface area contributed by atoms with Crippen molar-refractivity contribution in [2.24, 2.45) is 28.7 Å². The molecule has 2 N–H and O–H groups in total. The number of aliphatic carboxylic acids is 1. The fourth-order valence-corrected chi connectivity index (χ4v) is 6.26. The van der Waals surface area contributed by atoms with E-state index >= 15 is 0 Å². The van der Waals surface area contributed by atoms with E-state index in [1.54, 1.807) is 0 Å². The molecule has 0 bridgehead atoms. The molecule has 5 heteroatoms. The number of amidine groups is 1. The molecule has 194 valence electrons. The van der Waals surface area contributed by atoms with Gasteiger partial charge in [-0.05, 0) is 104 Å². The number of carbonyl (C=O) groups is 1. The first kappa shape index (κ1) is 26.2. The highest BCUT2D eigenvalue weighted by molar-refractivity contribution is 5.97. The number of hydrogen-bond acceptors (Lipinski definition) is 4. The zero-order chi connectivity index (χ0) is 25.8. The molecule has 2 aromatic rings. The average Bonchev–Trinajstić information content (AvgIpc) is 2.98. The van der Waals surface area contributed by atoms with E-state index in [1.807, 2.05) is 50.2 Å². The molecule has 5 nitrogen and oxygen atoms in total. The topological polar surface area (TPSA) is 70.9 Å². The lowest BCUT2D eigenvalue weighted by atomic mass is 9.63. The minimum atomic E-state index is -0.813.